The lowest BCUT2D eigenvalue weighted by Gasteiger charge is -2.49. The number of carbonyl (C=O) groups is 5. The molecule has 5 heterocycles. The number of aliphatic hydroxyl groups excluding tert-OH is 1. The molecular formula is C47H61F2N9O8. The average molecular weight is 918 g/mol. The Morgan fingerprint density at radius 1 is 1.05 bits per heavy atom. The van der Waals surface area contributed by atoms with Gasteiger partial charge in [0, 0.05) is 76.6 Å². The molecule has 356 valence electrons. The van der Waals surface area contributed by atoms with Gasteiger partial charge in [-0.15, -0.1) is 0 Å². The highest BCUT2D eigenvalue weighted by molar-refractivity contribution is 6.04. The zero-order valence-corrected chi connectivity index (χ0v) is 38.1. The minimum absolute atomic E-state index is 0.00691. The molecule has 3 saturated heterocycles. The number of hydrogen-bond acceptors (Lipinski definition) is 13. The number of halogens is 2. The first-order valence-corrected chi connectivity index (χ1v) is 23.2. The van der Waals surface area contributed by atoms with Crippen molar-refractivity contribution in [2.75, 3.05) is 68.8 Å². The third-order valence-corrected chi connectivity index (χ3v) is 14.9. The molecule has 2 aliphatic carbocycles. The van der Waals surface area contributed by atoms with Gasteiger partial charge < -0.3 is 45.2 Å². The number of nitrogens with two attached hydrogens (primary N) is 1. The largest absolute Gasteiger partial charge is 0.500 e. The molecule has 4 aliphatic heterocycles. The topological polar surface area (TPSA) is 213 Å². The summed E-state index contributed by atoms with van der Waals surface area (Å²) in [5.41, 5.74) is 4.80. The number of aromatic nitrogens is 2. The van der Waals surface area contributed by atoms with Gasteiger partial charge in [0.15, 0.2) is 5.82 Å². The summed E-state index contributed by atoms with van der Waals surface area (Å²) in [6.07, 6.45) is 11.6. The van der Waals surface area contributed by atoms with Crippen LogP contribution in [-0.2, 0) is 33.4 Å². The van der Waals surface area contributed by atoms with Crippen LogP contribution in [0.15, 0.2) is 42.3 Å². The molecule has 2 aromatic rings. The van der Waals surface area contributed by atoms with Crippen LogP contribution in [0.3, 0.4) is 0 Å². The number of piperidine rings is 3. The molecule has 0 spiro atoms. The van der Waals surface area contributed by atoms with Gasteiger partial charge in [0.25, 0.3) is 0 Å². The standard InChI is InChI=1S/C47H61F2N9O8/c1-5-33-44(63)55(2)34-25-51-40(53-41(34)58(33)28-9-6-7-10-28)39-35(65-3)11-8-16-47(39,50)45(64)54-46(18-22-59)17-21-57(26-36(46)66-4)43(62)27-14-19-56(20-15-27)29-23-31(48)38(32(49)24-29)30-12-13-37(60)52-42(30)61/h8,11,16,23-25,27-28,30,33,36,39,59H,5-7,9-10,12-15,17-22,26,50H2,1-4H3,(H,54,64)(H,52,60,61). The highest BCUT2D eigenvalue weighted by Gasteiger charge is 2.53. The van der Waals surface area contributed by atoms with E-state index < -0.39 is 64.4 Å². The van der Waals surface area contributed by atoms with Crippen molar-refractivity contribution in [2.45, 2.75) is 119 Å². The van der Waals surface area contributed by atoms with Crippen molar-refractivity contribution in [2.24, 2.45) is 11.7 Å². The van der Waals surface area contributed by atoms with Crippen LogP contribution in [0, 0.1) is 17.6 Å². The van der Waals surface area contributed by atoms with Gasteiger partial charge in [-0.3, -0.25) is 29.3 Å². The van der Waals surface area contributed by atoms with E-state index in [1.165, 1.54) is 26.4 Å². The molecule has 17 nitrogen and oxygen atoms in total. The fourth-order valence-corrected chi connectivity index (χ4v) is 11.2. The van der Waals surface area contributed by atoms with E-state index in [2.05, 4.69) is 15.5 Å². The SMILES string of the molecule is CCC1C(=O)N(C)c2cnc(C3C(OC)=CC=CC3(N)C(=O)NC3(CCO)CCN(C(=O)C4CCN(c5cc(F)c(C6CCC(=O)NC6=O)c(F)c5)CC4)CC3OC)nc2N1C1CCCC1. The Labute approximate surface area is 383 Å². The van der Waals surface area contributed by atoms with Crippen LogP contribution in [0.25, 0.3) is 0 Å². The molecule has 1 saturated carbocycles. The van der Waals surface area contributed by atoms with Crippen LogP contribution < -0.4 is 31.1 Å². The number of benzene rings is 1. The molecule has 0 radical (unpaired) electrons. The Bertz CT molecular complexity index is 2280. The summed E-state index contributed by atoms with van der Waals surface area (Å²) in [5, 5.41) is 15.8. The maximum atomic E-state index is 15.4. The number of aliphatic hydroxyl groups is 1. The summed E-state index contributed by atoms with van der Waals surface area (Å²) in [6.45, 7) is 2.76. The zero-order valence-electron chi connectivity index (χ0n) is 38.1. The second-order valence-electron chi connectivity index (χ2n) is 18.5. The van der Waals surface area contributed by atoms with E-state index >= 15 is 8.78 Å². The quantitative estimate of drug-likeness (QED) is 0.226. The van der Waals surface area contributed by atoms with Crippen molar-refractivity contribution in [3.63, 3.8) is 0 Å². The molecule has 5 N–H and O–H groups in total. The molecule has 8 rings (SSSR count). The smallest absolute Gasteiger partial charge is 0.249 e. The number of anilines is 3. The van der Waals surface area contributed by atoms with Crippen LogP contribution >= 0.6 is 0 Å². The fourth-order valence-electron chi connectivity index (χ4n) is 11.2. The number of rotatable bonds is 12. The van der Waals surface area contributed by atoms with Crippen LogP contribution in [0.1, 0.15) is 101 Å². The minimum atomic E-state index is -1.79. The number of allylic oxidation sites excluding steroid dienone is 2. The monoisotopic (exact) mass is 917 g/mol. The van der Waals surface area contributed by atoms with Gasteiger partial charge in [-0.25, -0.2) is 18.7 Å². The second kappa shape index (κ2) is 19.0. The first kappa shape index (κ1) is 47.0. The molecule has 5 amide bonds. The van der Waals surface area contributed by atoms with Crippen LogP contribution in [-0.4, -0.2) is 133 Å². The van der Waals surface area contributed by atoms with Crippen molar-refractivity contribution >= 4 is 46.7 Å². The molecule has 6 unspecified atom stereocenters. The summed E-state index contributed by atoms with van der Waals surface area (Å²) >= 11 is 0. The molecule has 6 aliphatic rings. The Hall–Kier alpha value is -5.53. The van der Waals surface area contributed by atoms with Gasteiger partial charge in [-0.1, -0.05) is 31.9 Å². The number of likely N-dealkylation sites (tertiary alicyclic amines) is 1. The first-order chi connectivity index (χ1) is 31.7. The van der Waals surface area contributed by atoms with Gasteiger partial charge in [0.1, 0.15) is 46.4 Å². The predicted octanol–water partition coefficient (Wildman–Crippen LogP) is 3.06. The summed E-state index contributed by atoms with van der Waals surface area (Å²) < 4.78 is 42.6. The Morgan fingerprint density at radius 3 is 2.39 bits per heavy atom. The lowest BCUT2D eigenvalue weighted by molar-refractivity contribution is -0.145. The summed E-state index contributed by atoms with van der Waals surface area (Å²) in [6, 6.07) is 2.11. The highest BCUT2D eigenvalue weighted by atomic mass is 19.1. The highest BCUT2D eigenvalue weighted by Crippen LogP contribution is 2.44. The van der Waals surface area contributed by atoms with Gasteiger partial charge in [0.05, 0.1) is 30.9 Å². The number of nitrogens with one attached hydrogen (secondary N) is 2. The summed E-state index contributed by atoms with van der Waals surface area (Å²) in [4.78, 5) is 83.7. The Kier molecular flexibility index (Phi) is 13.5. The molecule has 1 aromatic heterocycles. The Morgan fingerprint density at radius 2 is 1.76 bits per heavy atom. The molecule has 1 aromatic carbocycles. The lowest BCUT2D eigenvalue weighted by atomic mass is 9.75. The normalized spacial score (nSPS) is 28.6. The van der Waals surface area contributed by atoms with Gasteiger partial charge >= 0.3 is 0 Å². The number of amides is 5. The summed E-state index contributed by atoms with van der Waals surface area (Å²) in [7, 11) is 4.71. The molecule has 0 bridgehead atoms. The van der Waals surface area contributed by atoms with Gasteiger partial charge in [-0.05, 0) is 69.6 Å². The average Bonchev–Trinajstić information content (AvgIpc) is 3.85. The van der Waals surface area contributed by atoms with Crippen molar-refractivity contribution in [1.82, 2.24) is 25.5 Å². The predicted molar refractivity (Wildman–Crippen MR) is 239 cm³/mol. The summed E-state index contributed by atoms with van der Waals surface area (Å²) in [5.74, 6) is -4.90. The van der Waals surface area contributed by atoms with E-state index in [9.17, 15) is 29.1 Å². The van der Waals surface area contributed by atoms with E-state index in [1.807, 2.05) is 11.8 Å². The van der Waals surface area contributed by atoms with Crippen molar-refractivity contribution in [3.05, 3.63) is 65.3 Å². The number of likely N-dealkylation sites (N-methyl/N-ethyl adjacent to an activating group) is 1. The van der Waals surface area contributed by atoms with E-state index in [0.29, 0.717) is 55.3 Å². The van der Waals surface area contributed by atoms with Crippen LogP contribution in [0.2, 0.25) is 0 Å². The number of imide groups is 1. The van der Waals surface area contributed by atoms with Crippen molar-refractivity contribution in [3.8, 4) is 0 Å². The first-order valence-electron chi connectivity index (χ1n) is 23.2. The van der Waals surface area contributed by atoms with Crippen molar-refractivity contribution < 1.29 is 47.3 Å². The Balaban J connectivity index is 0.974. The number of ether oxygens (including phenoxy) is 2. The molecule has 19 heteroatoms. The minimum Gasteiger partial charge on any atom is -0.500 e. The maximum absolute atomic E-state index is 15.4. The fraction of sp³-hybridized carbons (Fsp3) is 0.596. The number of hydrogen-bond donors (Lipinski definition) is 4. The second-order valence-corrected chi connectivity index (χ2v) is 18.5. The maximum Gasteiger partial charge on any atom is 0.249 e. The molecule has 66 heavy (non-hydrogen) atoms. The lowest BCUT2D eigenvalue weighted by Crippen LogP contribution is -2.70. The van der Waals surface area contributed by atoms with E-state index in [-0.39, 0.29) is 80.5 Å². The van der Waals surface area contributed by atoms with E-state index in [4.69, 9.17) is 25.2 Å². The third kappa shape index (κ3) is 8.42. The molecular weight excluding hydrogens is 857 g/mol. The molecule has 6 atom stereocenters. The number of nitrogens with zero attached hydrogens (tertiary/aromatic N) is 6. The van der Waals surface area contributed by atoms with Gasteiger partial charge in [-0.2, -0.15) is 0 Å². The van der Waals surface area contributed by atoms with Crippen LogP contribution in [0.5, 0.6) is 0 Å². The van der Waals surface area contributed by atoms with Crippen LogP contribution in [0.4, 0.5) is 26.0 Å². The number of fused-ring (bicyclic) bond motifs is 1. The molecule has 4 fully saturated rings. The number of methoxy groups -OCH3 is 2. The zero-order chi connectivity index (χ0) is 47.1. The number of carbonyl (C=O) groups excluding carboxylic acids is 5. The van der Waals surface area contributed by atoms with Crippen molar-refractivity contribution in [1.29, 1.82) is 0 Å². The van der Waals surface area contributed by atoms with E-state index in [1.54, 1.807) is 41.3 Å². The van der Waals surface area contributed by atoms with Gasteiger partial charge in [0.2, 0.25) is 29.5 Å². The van der Waals surface area contributed by atoms with E-state index in [0.717, 1.165) is 25.7 Å². The third-order valence-electron chi connectivity index (χ3n) is 14.9.